The molecule has 3 rings (SSSR count). The Morgan fingerprint density at radius 1 is 1.08 bits per heavy atom. The van der Waals surface area contributed by atoms with Crippen LogP contribution in [0.5, 0.6) is 0 Å². The molecule has 0 radical (unpaired) electrons. The van der Waals surface area contributed by atoms with Crippen molar-refractivity contribution in [3.63, 3.8) is 0 Å². The van der Waals surface area contributed by atoms with Crippen LogP contribution in [0.25, 0.3) is 0 Å². The number of amides is 1. The standard InChI is InChI=1S/C19H16FIN2OS/c20-14-9-7-13(8-10-14)19(17-6-3-11-25-17)22-12-18(24)23-16-5-2-1-4-15(16)21/h1-11,19,22H,12H2,(H,23,24)/t19-/m1/s1. The monoisotopic (exact) mass is 466 g/mol. The average molecular weight is 466 g/mol. The molecule has 2 aromatic carbocycles. The Kier molecular flexibility index (Phi) is 6.17. The van der Waals surface area contributed by atoms with Gasteiger partial charge in [-0.05, 0) is 63.9 Å². The summed E-state index contributed by atoms with van der Waals surface area (Å²) in [4.78, 5) is 13.4. The van der Waals surface area contributed by atoms with Crippen LogP contribution in [0.2, 0.25) is 0 Å². The summed E-state index contributed by atoms with van der Waals surface area (Å²) in [5.41, 5.74) is 1.72. The zero-order chi connectivity index (χ0) is 17.6. The topological polar surface area (TPSA) is 41.1 Å². The average Bonchev–Trinajstić information content (AvgIpc) is 3.13. The second-order valence-corrected chi connectivity index (χ2v) is 7.55. The van der Waals surface area contributed by atoms with Gasteiger partial charge in [0.15, 0.2) is 0 Å². The van der Waals surface area contributed by atoms with E-state index in [1.165, 1.54) is 12.1 Å². The van der Waals surface area contributed by atoms with Gasteiger partial charge in [-0.15, -0.1) is 11.3 Å². The first kappa shape index (κ1) is 18.0. The molecule has 0 saturated carbocycles. The molecule has 2 N–H and O–H groups in total. The fourth-order valence-electron chi connectivity index (χ4n) is 2.45. The van der Waals surface area contributed by atoms with Crippen molar-refractivity contribution in [1.82, 2.24) is 5.32 Å². The highest BCUT2D eigenvalue weighted by atomic mass is 127. The van der Waals surface area contributed by atoms with E-state index in [-0.39, 0.29) is 24.3 Å². The van der Waals surface area contributed by atoms with Crippen molar-refractivity contribution in [3.8, 4) is 0 Å². The summed E-state index contributed by atoms with van der Waals surface area (Å²) in [6.45, 7) is 0.158. The van der Waals surface area contributed by atoms with E-state index in [0.29, 0.717) is 0 Å². The second-order valence-electron chi connectivity index (χ2n) is 5.41. The Hall–Kier alpha value is -1.77. The molecule has 1 heterocycles. The molecule has 128 valence electrons. The zero-order valence-electron chi connectivity index (χ0n) is 13.2. The van der Waals surface area contributed by atoms with Gasteiger partial charge >= 0.3 is 0 Å². The molecular formula is C19H16FIN2OS. The van der Waals surface area contributed by atoms with Crippen LogP contribution in [0, 0.1) is 9.39 Å². The molecule has 3 nitrogen and oxygen atoms in total. The van der Waals surface area contributed by atoms with Crippen molar-refractivity contribution >= 4 is 45.5 Å². The van der Waals surface area contributed by atoms with E-state index in [0.717, 1.165) is 19.7 Å². The molecule has 1 amide bonds. The first-order valence-corrected chi connectivity index (χ1v) is 9.66. The fourth-order valence-corrected chi connectivity index (χ4v) is 3.79. The predicted octanol–water partition coefficient (Wildman–Crippen LogP) is 4.81. The Bertz CT molecular complexity index is 837. The van der Waals surface area contributed by atoms with Crippen LogP contribution in [0.4, 0.5) is 10.1 Å². The van der Waals surface area contributed by atoms with E-state index >= 15 is 0 Å². The van der Waals surface area contributed by atoms with E-state index in [9.17, 15) is 9.18 Å². The minimum Gasteiger partial charge on any atom is -0.324 e. The number of benzene rings is 2. The highest BCUT2D eigenvalue weighted by Crippen LogP contribution is 2.26. The van der Waals surface area contributed by atoms with Crippen molar-refractivity contribution in [2.45, 2.75) is 6.04 Å². The van der Waals surface area contributed by atoms with Gasteiger partial charge in [0.1, 0.15) is 5.82 Å². The Balaban J connectivity index is 1.70. The molecule has 0 spiro atoms. The molecule has 0 aliphatic heterocycles. The van der Waals surface area contributed by atoms with E-state index in [1.54, 1.807) is 23.5 Å². The summed E-state index contributed by atoms with van der Waals surface area (Å²) < 4.78 is 14.2. The van der Waals surface area contributed by atoms with Crippen molar-refractivity contribution in [3.05, 3.63) is 85.9 Å². The highest BCUT2D eigenvalue weighted by molar-refractivity contribution is 14.1. The number of hydrogen-bond donors (Lipinski definition) is 2. The fraction of sp³-hybridized carbons (Fsp3) is 0.105. The van der Waals surface area contributed by atoms with Crippen LogP contribution in [-0.2, 0) is 4.79 Å². The number of carbonyl (C=O) groups excluding carboxylic acids is 1. The molecule has 3 aromatic rings. The van der Waals surface area contributed by atoms with Gasteiger partial charge in [-0.25, -0.2) is 4.39 Å². The van der Waals surface area contributed by atoms with Crippen molar-refractivity contribution in [1.29, 1.82) is 0 Å². The molecule has 0 aliphatic carbocycles. The Morgan fingerprint density at radius 3 is 2.52 bits per heavy atom. The maximum absolute atomic E-state index is 13.2. The van der Waals surface area contributed by atoms with Crippen molar-refractivity contribution < 1.29 is 9.18 Å². The van der Waals surface area contributed by atoms with E-state index < -0.39 is 0 Å². The third-order valence-corrected chi connectivity index (χ3v) is 5.52. The van der Waals surface area contributed by atoms with Crippen LogP contribution in [0.3, 0.4) is 0 Å². The summed E-state index contributed by atoms with van der Waals surface area (Å²) in [5, 5.41) is 8.16. The predicted molar refractivity (Wildman–Crippen MR) is 108 cm³/mol. The van der Waals surface area contributed by atoms with Gasteiger partial charge in [0.05, 0.1) is 18.3 Å². The van der Waals surface area contributed by atoms with Crippen LogP contribution in [-0.4, -0.2) is 12.5 Å². The number of hydrogen-bond acceptors (Lipinski definition) is 3. The van der Waals surface area contributed by atoms with Crippen molar-refractivity contribution in [2.24, 2.45) is 0 Å². The molecule has 6 heteroatoms. The number of carbonyl (C=O) groups is 1. The number of anilines is 1. The summed E-state index contributed by atoms with van der Waals surface area (Å²) >= 11 is 3.79. The minimum atomic E-state index is -0.273. The molecule has 25 heavy (non-hydrogen) atoms. The SMILES string of the molecule is O=C(CN[C@H](c1ccc(F)cc1)c1cccs1)Nc1ccccc1I. The van der Waals surface area contributed by atoms with E-state index in [2.05, 4.69) is 33.2 Å². The molecule has 0 unspecified atom stereocenters. The lowest BCUT2D eigenvalue weighted by Crippen LogP contribution is -2.31. The third kappa shape index (κ3) is 4.87. The number of rotatable bonds is 6. The summed E-state index contributed by atoms with van der Waals surface area (Å²) in [6, 6.07) is 17.8. The molecule has 0 aliphatic rings. The molecule has 0 fully saturated rings. The van der Waals surface area contributed by atoms with Gasteiger partial charge in [0.25, 0.3) is 0 Å². The van der Waals surface area contributed by atoms with Gasteiger partial charge in [0, 0.05) is 8.45 Å². The van der Waals surface area contributed by atoms with Gasteiger partial charge < -0.3 is 5.32 Å². The van der Waals surface area contributed by atoms with Gasteiger partial charge in [0.2, 0.25) is 5.91 Å². The molecular weight excluding hydrogens is 450 g/mol. The lowest BCUT2D eigenvalue weighted by molar-refractivity contribution is -0.115. The molecule has 0 bridgehead atoms. The summed E-state index contributed by atoms with van der Waals surface area (Å²) in [5.74, 6) is -0.391. The number of para-hydroxylation sites is 1. The first-order valence-electron chi connectivity index (χ1n) is 7.70. The normalized spacial score (nSPS) is 11.9. The summed E-state index contributed by atoms with van der Waals surface area (Å²) in [7, 11) is 0. The van der Waals surface area contributed by atoms with E-state index in [1.807, 2.05) is 41.8 Å². The lowest BCUT2D eigenvalue weighted by atomic mass is 10.1. The van der Waals surface area contributed by atoms with Crippen LogP contribution in [0.15, 0.2) is 66.0 Å². The number of thiophene rings is 1. The van der Waals surface area contributed by atoms with Gasteiger partial charge in [-0.1, -0.05) is 30.3 Å². The largest absolute Gasteiger partial charge is 0.324 e. The molecule has 1 atom stereocenters. The highest BCUT2D eigenvalue weighted by Gasteiger charge is 2.16. The van der Waals surface area contributed by atoms with Crippen LogP contribution in [0.1, 0.15) is 16.5 Å². The van der Waals surface area contributed by atoms with Crippen LogP contribution < -0.4 is 10.6 Å². The summed E-state index contributed by atoms with van der Waals surface area (Å²) in [6.07, 6.45) is 0. The zero-order valence-corrected chi connectivity index (χ0v) is 16.2. The molecule has 1 aromatic heterocycles. The number of halogens is 2. The van der Waals surface area contributed by atoms with E-state index in [4.69, 9.17) is 0 Å². The number of nitrogens with one attached hydrogen (secondary N) is 2. The Labute approximate surface area is 163 Å². The maximum Gasteiger partial charge on any atom is 0.238 e. The van der Waals surface area contributed by atoms with Crippen LogP contribution >= 0.6 is 33.9 Å². The first-order chi connectivity index (χ1) is 12.1. The van der Waals surface area contributed by atoms with Gasteiger partial charge in [-0.3, -0.25) is 10.1 Å². The lowest BCUT2D eigenvalue weighted by Gasteiger charge is -2.18. The third-order valence-electron chi connectivity index (χ3n) is 3.65. The second kappa shape index (κ2) is 8.55. The Morgan fingerprint density at radius 2 is 1.84 bits per heavy atom. The maximum atomic E-state index is 13.2. The molecule has 0 saturated heterocycles. The van der Waals surface area contributed by atoms with Crippen molar-refractivity contribution in [2.75, 3.05) is 11.9 Å². The van der Waals surface area contributed by atoms with Gasteiger partial charge in [-0.2, -0.15) is 0 Å². The smallest absolute Gasteiger partial charge is 0.238 e. The minimum absolute atomic E-state index is 0.118. The quantitative estimate of drug-likeness (QED) is 0.512.